The minimum atomic E-state index is 0.911. The highest BCUT2D eigenvalue weighted by molar-refractivity contribution is 4.54. The zero-order valence-electron chi connectivity index (χ0n) is 8.32. The molecule has 0 saturated heterocycles. The molecule has 0 bridgehead atoms. The molecule has 1 atom stereocenters. The quantitative estimate of drug-likeness (QED) is 0.560. The molecule has 0 amide bonds. The van der Waals surface area contributed by atoms with E-state index in [1.807, 2.05) is 7.05 Å². The van der Waals surface area contributed by atoms with E-state index in [9.17, 15) is 0 Å². The zero-order valence-corrected chi connectivity index (χ0v) is 8.32. The van der Waals surface area contributed by atoms with Crippen LogP contribution in [-0.4, -0.2) is 13.6 Å². The second-order valence-corrected chi connectivity index (χ2v) is 3.49. The Kier molecular flexibility index (Phi) is 8.03. The molecule has 0 radical (unpaired) electrons. The van der Waals surface area contributed by atoms with Gasteiger partial charge in [0, 0.05) is 0 Å². The minimum absolute atomic E-state index is 0.911. The van der Waals surface area contributed by atoms with Gasteiger partial charge in [-0.05, 0) is 25.9 Å². The van der Waals surface area contributed by atoms with Crippen LogP contribution >= 0.6 is 0 Å². The van der Waals surface area contributed by atoms with Gasteiger partial charge in [-0.1, -0.05) is 39.5 Å². The highest BCUT2D eigenvalue weighted by atomic mass is 14.8. The maximum atomic E-state index is 3.19. The summed E-state index contributed by atoms with van der Waals surface area (Å²) in [6, 6.07) is 0. The van der Waals surface area contributed by atoms with E-state index in [0.29, 0.717) is 0 Å². The van der Waals surface area contributed by atoms with Crippen molar-refractivity contribution < 1.29 is 0 Å². The molecule has 1 N–H and O–H groups in total. The molecule has 0 aromatic heterocycles. The topological polar surface area (TPSA) is 12.0 Å². The Bertz CT molecular complexity index is 71.3. The van der Waals surface area contributed by atoms with Gasteiger partial charge in [0.2, 0.25) is 0 Å². The molecule has 1 unspecified atom stereocenters. The van der Waals surface area contributed by atoms with Crippen molar-refractivity contribution in [2.75, 3.05) is 13.6 Å². The number of hydrogen-bond acceptors (Lipinski definition) is 1. The van der Waals surface area contributed by atoms with Crippen molar-refractivity contribution in [3.8, 4) is 0 Å². The van der Waals surface area contributed by atoms with E-state index in [4.69, 9.17) is 0 Å². The van der Waals surface area contributed by atoms with Crippen LogP contribution in [0.2, 0.25) is 0 Å². The van der Waals surface area contributed by atoms with Crippen molar-refractivity contribution in [1.82, 2.24) is 5.32 Å². The van der Waals surface area contributed by atoms with E-state index in [1.54, 1.807) is 0 Å². The van der Waals surface area contributed by atoms with Crippen LogP contribution < -0.4 is 5.32 Å². The summed E-state index contributed by atoms with van der Waals surface area (Å²) in [7, 11) is 2.03. The fourth-order valence-electron chi connectivity index (χ4n) is 1.28. The van der Waals surface area contributed by atoms with Crippen LogP contribution in [-0.2, 0) is 0 Å². The normalized spacial score (nSPS) is 13.4. The average molecular weight is 157 g/mol. The van der Waals surface area contributed by atoms with Crippen molar-refractivity contribution in [1.29, 1.82) is 0 Å². The third-order valence-electron chi connectivity index (χ3n) is 2.19. The third-order valence-corrected chi connectivity index (χ3v) is 2.19. The summed E-state index contributed by atoms with van der Waals surface area (Å²) in [4.78, 5) is 0. The van der Waals surface area contributed by atoms with Gasteiger partial charge in [-0.25, -0.2) is 0 Å². The van der Waals surface area contributed by atoms with Crippen molar-refractivity contribution in [2.45, 2.75) is 46.0 Å². The summed E-state index contributed by atoms with van der Waals surface area (Å²) in [5.74, 6) is 0.911. The van der Waals surface area contributed by atoms with Gasteiger partial charge in [0.05, 0.1) is 0 Å². The van der Waals surface area contributed by atoms with E-state index in [0.717, 1.165) is 5.92 Å². The van der Waals surface area contributed by atoms with Crippen LogP contribution in [0.3, 0.4) is 0 Å². The van der Waals surface area contributed by atoms with Gasteiger partial charge in [-0.15, -0.1) is 0 Å². The Morgan fingerprint density at radius 3 is 2.45 bits per heavy atom. The van der Waals surface area contributed by atoms with Gasteiger partial charge in [-0.2, -0.15) is 0 Å². The molecule has 1 nitrogen and oxygen atoms in total. The predicted molar refractivity (Wildman–Crippen MR) is 51.8 cm³/mol. The Labute approximate surface area is 71.6 Å². The Hall–Kier alpha value is -0.0400. The largest absolute Gasteiger partial charge is 0.320 e. The molecule has 68 valence electrons. The fourth-order valence-corrected chi connectivity index (χ4v) is 1.28. The molecule has 0 fully saturated rings. The van der Waals surface area contributed by atoms with Crippen LogP contribution in [0.4, 0.5) is 0 Å². The van der Waals surface area contributed by atoms with Crippen molar-refractivity contribution in [3.05, 3.63) is 0 Å². The predicted octanol–water partition coefficient (Wildman–Crippen LogP) is 2.81. The van der Waals surface area contributed by atoms with Crippen LogP contribution in [0.25, 0.3) is 0 Å². The standard InChI is InChI=1S/C10H23N/c1-4-5-6-7-10(2)8-9-11-3/h10-11H,4-9H2,1-3H3. The first-order valence-electron chi connectivity index (χ1n) is 4.95. The first kappa shape index (κ1) is 11.0. The first-order valence-corrected chi connectivity index (χ1v) is 4.95. The molecule has 1 heteroatoms. The van der Waals surface area contributed by atoms with E-state index < -0.39 is 0 Å². The van der Waals surface area contributed by atoms with E-state index in [-0.39, 0.29) is 0 Å². The average Bonchev–Trinajstić information content (AvgIpc) is 2.01. The summed E-state index contributed by atoms with van der Waals surface area (Å²) in [6.07, 6.45) is 6.92. The molecular formula is C10H23N. The fraction of sp³-hybridized carbons (Fsp3) is 1.00. The number of hydrogen-bond donors (Lipinski definition) is 1. The number of rotatable bonds is 7. The monoisotopic (exact) mass is 157 g/mol. The zero-order chi connectivity index (χ0) is 8.53. The Morgan fingerprint density at radius 1 is 1.18 bits per heavy atom. The summed E-state index contributed by atoms with van der Waals surface area (Å²) in [5.41, 5.74) is 0. The smallest absolute Gasteiger partial charge is 0.00494 e. The van der Waals surface area contributed by atoms with Crippen LogP contribution in [0, 0.1) is 5.92 Å². The van der Waals surface area contributed by atoms with Gasteiger partial charge in [0.25, 0.3) is 0 Å². The van der Waals surface area contributed by atoms with E-state index >= 15 is 0 Å². The second-order valence-electron chi connectivity index (χ2n) is 3.49. The van der Waals surface area contributed by atoms with Crippen LogP contribution in [0.15, 0.2) is 0 Å². The van der Waals surface area contributed by atoms with Gasteiger partial charge in [-0.3, -0.25) is 0 Å². The van der Waals surface area contributed by atoms with Crippen molar-refractivity contribution in [2.24, 2.45) is 5.92 Å². The van der Waals surface area contributed by atoms with Gasteiger partial charge in [0.1, 0.15) is 0 Å². The molecule has 0 heterocycles. The molecule has 0 aromatic rings. The van der Waals surface area contributed by atoms with Gasteiger partial charge >= 0.3 is 0 Å². The Morgan fingerprint density at radius 2 is 1.91 bits per heavy atom. The van der Waals surface area contributed by atoms with E-state index in [1.165, 1.54) is 38.6 Å². The maximum absolute atomic E-state index is 3.19. The molecule has 0 aliphatic carbocycles. The third kappa shape index (κ3) is 7.86. The van der Waals surface area contributed by atoms with Crippen LogP contribution in [0.1, 0.15) is 46.0 Å². The molecule has 11 heavy (non-hydrogen) atoms. The molecular weight excluding hydrogens is 134 g/mol. The molecule has 0 aromatic carbocycles. The number of unbranched alkanes of at least 4 members (excludes halogenated alkanes) is 2. The van der Waals surface area contributed by atoms with Gasteiger partial charge in [0.15, 0.2) is 0 Å². The first-order chi connectivity index (χ1) is 5.31. The lowest BCUT2D eigenvalue weighted by Gasteiger charge is -2.09. The SMILES string of the molecule is CCCCCC(C)CCNC. The molecule has 0 aliphatic rings. The second kappa shape index (κ2) is 8.06. The summed E-state index contributed by atoms with van der Waals surface area (Å²) in [5, 5.41) is 3.19. The lowest BCUT2D eigenvalue weighted by Crippen LogP contribution is -2.11. The molecule has 0 spiro atoms. The van der Waals surface area contributed by atoms with E-state index in [2.05, 4.69) is 19.2 Å². The van der Waals surface area contributed by atoms with Crippen LogP contribution in [0.5, 0.6) is 0 Å². The Balaban J connectivity index is 3.02. The summed E-state index contributed by atoms with van der Waals surface area (Å²) < 4.78 is 0. The maximum Gasteiger partial charge on any atom is -0.00494 e. The highest BCUT2D eigenvalue weighted by Crippen LogP contribution is 2.11. The highest BCUT2D eigenvalue weighted by Gasteiger charge is 1.99. The molecule has 0 rings (SSSR count). The van der Waals surface area contributed by atoms with Gasteiger partial charge < -0.3 is 5.32 Å². The lowest BCUT2D eigenvalue weighted by atomic mass is 10.0. The van der Waals surface area contributed by atoms with Crippen molar-refractivity contribution >= 4 is 0 Å². The summed E-state index contributed by atoms with van der Waals surface area (Å²) in [6.45, 7) is 5.79. The molecule has 0 aliphatic heterocycles. The lowest BCUT2D eigenvalue weighted by molar-refractivity contribution is 0.456. The van der Waals surface area contributed by atoms with Crippen molar-refractivity contribution in [3.63, 3.8) is 0 Å². The summed E-state index contributed by atoms with van der Waals surface area (Å²) >= 11 is 0. The number of nitrogens with one attached hydrogen (secondary N) is 1. The minimum Gasteiger partial charge on any atom is -0.320 e. The molecule has 0 saturated carbocycles.